The van der Waals surface area contributed by atoms with Crippen LogP contribution in [0.25, 0.3) is 0 Å². The van der Waals surface area contributed by atoms with Gasteiger partial charge in [0.05, 0.1) is 6.61 Å². The highest BCUT2D eigenvalue weighted by molar-refractivity contribution is 5.43. The molecule has 0 amide bonds. The summed E-state index contributed by atoms with van der Waals surface area (Å²) >= 11 is 0. The quantitative estimate of drug-likeness (QED) is 0.774. The number of nitrogens with one attached hydrogen (secondary N) is 1. The second-order valence-electron chi connectivity index (χ2n) is 3.28. The summed E-state index contributed by atoms with van der Waals surface area (Å²) in [6.07, 6.45) is 0. The molecule has 0 aliphatic rings. The molecule has 1 N–H and O–H groups in total. The predicted octanol–water partition coefficient (Wildman–Crippen LogP) is 2.15. The van der Waals surface area contributed by atoms with Crippen molar-refractivity contribution >= 4 is 0 Å². The second kappa shape index (κ2) is 7.06. The minimum absolute atomic E-state index is 0.0610. The Labute approximate surface area is 95.6 Å². The SMILES string of the molecule is CCOc1cc(CNC)ccc1OCCF. The molecule has 90 valence electrons. The van der Waals surface area contributed by atoms with E-state index in [0.717, 1.165) is 12.1 Å². The van der Waals surface area contributed by atoms with Gasteiger partial charge in [-0.1, -0.05) is 6.07 Å². The fourth-order valence-corrected chi connectivity index (χ4v) is 1.40. The van der Waals surface area contributed by atoms with E-state index >= 15 is 0 Å². The molecule has 0 unspecified atom stereocenters. The van der Waals surface area contributed by atoms with Gasteiger partial charge < -0.3 is 14.8 Å². The van der Waals surface area contributed by atoms with Gasteiger partial charge in [0.15, 0.2) is 11.5 Å². The van der Waals surface area contributed by atoms with Crippen molar-refractivity contribution < 1.29 is 13.9 Å². The van der Waals surface area contributed by atoms with Crippen LogP contribution in [-0.4, -0.2) is 26.9 Å². The monoisotopic (exact) mass is 227 g/mol. The van der Waals surface area contributed by atoms with E-state index in [2.05, 4.69) is 5.32 Å². The van der Waals surface area contributed by atoms with Gasteiger partial charge in [-0.05, 0) is 31.7 Å². The Balaban J connectivity index is 2.80. The molecular weight excluding hydrogens is 209 g/mol. The zero-order valence-electron chi connectivity index (χ0n) is 9.75. The molecule has 0 atom stereocenters. The normalized spacial score (nSPS) is 10.2. The van der Waals surface area contributed by atoms with Gasteiger partial charge in [-0.3, -0.25) is 0 Å². The van der Waals surface area contributed by atoms with Crippen molar-refractivity contribution in [2.24, 2.45) is 0 Å². The molecule has 0 saturated carbocycles. The topological polar surface area (TPSA) is 30.5 Å². The summed E-state index contributed by atoms with van der Waals surface area (Å²) in [6, 6.07) is 5.66. The molecule has 3 nitrogen and oxygen atoms in total. The van der Waals surface area contributed by atoms with Crippen LogP contribution in [0, 0.1) is 0 Å². The van der Waals surface area contributed by atoms with Gasteiger partial charge >= 0.3 is 0 Å². The molecule has 0 aromatic heterocycles. The summed E-state index contributed by atoms with van der Waals surface area (Å²) in [7, 11) is 1.88. The highest BCUT2D eigenvalue weighted by Crippen LogP contribution is 2.28. The summed E-state index contributed by atoms with van der Waals surface area (Å²) < 4.78 is 22.7. The van der Waals surface area contributed by atoms with E-state index in [-0.39, 0.29) is 6.61 Å². The zero-order chi connectivity index (χ0) is 11.8. The third kappa shape index (κ3) is 3.70. The molecule has 0 aliphatic heterocycles. The first kappa shape index (κ1) is 12.8. The van der Waals surface area contributed by atoms with Gasteiger partial charge in [0.1, 0.15) is 13.3 Å². The minimum Gasteiger partial charge on any atom is -0.490 e. The molecule has 16 heavy (non-hydrogen) atoms. The van der Waals surface area contributed by atoms with Gasteiger partial charge in [0, 0.05) is 6.54 Å². The van der Waals surface area contributed by atoms with Crippen LogP contribution in [0.15, 0.2) is 18.2 Å². The lowest BCUT2D eigenvalue weighted by atomic mass is 10.2. The molecule has 4 heteroatoms. The first-order valence-electron chi connectivity index (χ1n) is 5.41. The summed E-state index contributed by atoms with van der Waals surface area (Å²) in [4.78, 5) is 0. The van der Waals surface area contributed by atoms with Crippen LogP contribution in [0.4, 0.5) is 4.39 Å². The number of benzene rings is 1. The Bertz CT molecular complexity index is 318. The van der Waals surface area contributed by atoms with Crippen LogP contribution in [0.5, 0.6) is 11.5 Å². The van der Waals surface area contributed by atoms with Crippen molar-refractivity contribution in [3.63, 3.8) is 0 Å². The summed E-state index contributed by atoms with van der Waals surface area (Å²) in [5, 5.41) is 3.06. The van der Waals surface area contributed by atoms with E-state index in [9.17, 15) is 4.39 Å². The Kier molecular flexibility index (Phi) is 5.64. The van der Waals surface area contributed by atoms with Crippen LogP contribution in [-0.2, 0) is 6.54 Å². The van der Waals surface area contributed by atoms with Crippen LogP contribution >= 0.6 is 0 Å². The lowest BCUT2D eigenvalue weighted by Gasteiger charge is -2.12. The maximum absolute atomic E-state index is 12.0. The molecule has 1 rings (SSSR count). The average molecular weight is 227 g/mol. The molecule has 1 aromatic carbocycles. The zero-order valence-corrected chi connectivity index (χ0v) is 9.75. The maximum Gasteiger partial charge on any atom is 0.161 e. The first-order valence-corrected chi connectivity index (χ1v) is 5.41. The van der Waals surface area contributed by atoms with E-state index in [4.69, 9.17) is 9.47 Å². The fourth-order valence-electron chi connectivity index (χ4n) is 1.40. The Morgan fingerprint density at radius 3 is 2.69 bits per heavy atom. The van der Waals surface area contributed by atoms with E-state index in [1.165, 1.54) is 0 Å². The van der Waals surface area contributed by atoms with Crippen LogP contribution in [0.3, 0.4) is 0 Å². The van der Waals surface area contributed by atoms with E-state index in [0.29, 0.717) is 18.1 Å². The third-order valence-electron chi connectivity index (χ3n) is 2.02. The highest BCUT2D eigenvalue weighted by atomic mass is 19.1. The largest absolute Gasteiger partial charge is 0.490 e. The molecule has 0 radical (unpaired) electrons. The molecule has 0 saturated heterocycles. The second-order valence-corrected chi connectivity index (χ2v) is 3.28. The summed E-state index contributed by atoms with van der Waals surface area (Å²) in [5.41, 5.74) is 1.11. The van der Waals surface area contributed by atoms with Gasteiger partial charge in [0.25, 0.3) is 0 Å². The van der Waals surface area contributed by atoms with Crippen LogP contribution in [0.2, 0.25) is 0 Å². The lowest BCUT2D eigenvalue weighted by Crippen LogP contribution is -2.06. The van der Waals surface area contributed by atoms with E-state index < -0.39 is 6.67 Å². The van der Waals surface area contributed by atoms with Crippen molar-refractivity contribution in [3.8, 4) is 11.5 Å². The molecular formula is C12H18FNO2. The van der Waals surface area contributed by atoms with Crippen molar-refractivity contribution in [3.05, 3.63) is 23.8 Å². The van der Waals surface area contributed by atoms with Gasteiger partial charge in [-0.25, -0.2) is 4.39 Å². The number of hydrogen-bond donors (Lipinski definition) is 1. The van der Waals surface area contributed by atoms with Crippen molar-refractivity contribution in [1.82, 2.24) is 5.32 Å². The maximum atomic E-state index is 12.0. The molecule has 0 aliphatic carbocycles. The van der Waals surface area contributed by atoms with E-state index in [1.807, 2.05) is 32.2 Å². The smallest absolute Gasteiger partial charge is 0.161 e. The lowest BCUT2D eigenvalue weighted by molar-refractivity contribution is 0.251. The molecule has 0 spiro atoms. The van der Waals surface area contributed by atoms with Gasteiger partial charge in [0.2, 0.25) is 0 Å². The average Bonchev–Trinajstić information content (AvgIpc) is 2.29. The molecule has 0 bridgehead atoms. The number of hydrogen-bond acceptors (Lipinski definition) is 3. The van der Waals surface area contributed by atoms with Crippen LogP contribution < -0.4 is 14.8 Å². The fraction of sp³-hybridized carbons (Fsp3) is 0.500. The number of alkyl halides is 1. The Hall–Kier alpha value is -1.29. The number of rotatable bonds is 7. The third-order valence-corrected chi connectivity index (χ3v) is 2.02. The Morgan fingerprint density at radius 2 is 2.06 bits per heavy atom. The van der Waals surface area contributed by atoms with E-state index in [1.54, 1.807) is 0 Å². The van der Waals surface area contributed by atoms with Crippen molar-refractivity contribution in [2.45, 2.75) is 13.5 Å². The standard InChI is InChI=1S/C12H18FNO2/c1-3-15-12-8-10(9-14-2)4-5-11(12)16-7-6-13/h4-5,8,14H,3,6-7,9H2,1-2H3. The number of ether oxygens (including phenoxy) is 2. The highest BCUT2D eigenvalue weighted by Gasteiger charge is 2.05. The van der Waals surface area contributed by atoms with Gasteiger partial charge in [-0.2, -0.15) is 0 Å². The predicted molar refractivity (Wildman–Crippen MR) is 61.8 cm³/mol. The molecule has 0 heterocycles. The van der Waals surface area contributed by atoms with Crippen LogP contribution in [0.1, 0.15) is 12.5 Å². The Morgan fingerprint density at radius 1 is 1.25 bits per heavy atom. The molecule has 0 fully saturated rings. The first-order chi connectivity index (χ1) is 7.81. The molecule has 1 aromatic rings. The van der Waals surface area contributed by atoms with Crippen molar-refractivity contribution in [1.29, 1.82) is 0 Å². The van der Waals surface area contributed by atoms with Crippen molar-refractivity contribution in [2.75, 3.05) is 26.9 Å². The van der Waals surface area contributed by atoms with Gasteiger partial charge in [-0.15, -0.1) is 0 Å². The minimum atomic E-state index is -0.496. The summed E-state index contributed by atoms with van der Waals surface area (Å²) in [6.45, 7) is 2.80. The summed E-state index contributed by atoms with van der Waals surface area (Å²) in [5.74, 6) is 1.27. The number of halogens is 1.